The van der Waals surface area contributed by atoms with Crippen molar-refractivity contribution in [3.8, 4) is 0 Å². The van der Waals surface area contributed by atoms with Crippen LogP contribution in [0.15, 0.2) is 24.3 Å². The number of aliphatic hydroxyl groups excluding tert-OH is 1. The third-order valence-electron chi connectivity index (χ3n) is 4.92. The SMILES string of the molecule is CC[C@H](O)c1ccccc1N(C)C1CCC(C)(C)CC1. The van der Waals surface area contributed by atoms with Gasteiger partial charge in [0.1, 0.15) is 0 Å². The van der Waals surface area contributed by atoms with Crippen molar-refractivity contribution < 1.29 is 5.11 Å². The predicted octanol–water partition coefficient (Wildman–Crippen LogP) is 4.54. The summed E-state index contributed by atoms with van der Waals surface area (Å²) >= 11 is 0. The molecule has 112 valence electrons. The van der Waals surface area contributed by atoms with Crippen LogP contribution in [0, 0.1) is 5.41 Å². The highest BCUT2D eigenvalue weighted by Crippen LogP contribution is 2.39. The van der Waals surface area contributed by atoms with Gasteiger partial charge in [-0.15, -0.1) is 0 Å². The zero-order chi connectivity index (χ0) is 14.8. The van der Waals surface area contributed by atoms with E-state index in [0.717, 1.165) is 12.0 Å². The smallest absolute Gasteiger partial charge is 0.0807 e. The normalized spacial score (nSPS) is 20.6. The first kappa shape index (κ1) is 15.4. The molecule has 20 heavy (non-hydrogen) atoms. The Morgan fingerprint density at radius 3 is 2.45 bits per heavy atom. The van der Waals surface area contributed by atoms with Gasteiger partial charge in [0.05, 0.1) is 6.10 Å². The fraction of sp³-hybridized carbons (Fsp3) is 0.667. The first-order chi connectivity index (χ1) is 9.44. The van der Waals surface area contributed by atoms with Gasteiger partial charge in [0.15, 0.2) is 0 Å². The maximum atomic E-state index is 10.2. The second-order valence-electron chi connectivity index (χ2n) is 6.99. The molecule has 1 aromatic rings. The Morgan fingerprint density at radius 2 is 1.85 bits per heavy atom. The summed E-state index contributed by atoms with van der Waals surface area (Å²) in [4.78, 5) is 2.39. The van der Waals surface area contributed by atoms with Crippen LogP contribution in [0.5, 0.6) is 0 Å². The molecule has 0 amide bonds. The van der Waals surface area contributed by atoms with Gasteiger partial charge in [0.2, 0.25) is 0 Å². The van der Waals surface area contributed by atoms with E-state index in [2.05, 4.69) is 44.0 Å². The van der Waals surface area contributed by atoms with Gasteiger partial charge in [-0.2, -0.15) is 0 Å². The van der Waals surface area contributed by atoms with Crippen LogP contribution in [-0.4, -0.2) is 18.2 Å². The first-order valence-corrected chi connectivity index (χ1v) is 7.94. The Morgan fingerprint density at radius 1 is 1.25 bits per heavy atom. The number of hydrogen-bond donors (Lipinski definition) is 1. The number of benzene rings is 1. The molecule has 1 aliphatic rings. The lowest BCUT2D eigenvalue weighted by Gasteiger charge is -2.40. The van der Waals surface area contributed by atoms with Crippen LogP contribution in [0.2, 0.25) is 0 Å². The van der Waals surface area contributed by atoms with Gasteiger partial charge in [0.25, 0.3) is 0 Å². The van der Waals surface area contributed by atoms with Gasteiger partial charge in [-0.3, -0.25) is 0 Å². The number of para-hydroxylation sites is 1. The molecule has 0 unspecified atom stereocenters. The monoisotopic (exact) mass is 275 g/mol. The summed E-state index contributed by atoms with van der Waals surface area (Å²) in [6.45, 7) is 6.78. The maximum Gasteiger partial charge on any atom is 0.0807 e. The molecule has 1 N–H and O–H groups in total. The molecule has 2 heteroatoms. The number of hydrogen-bond acceptors (Lipinski definition) is 2. The van der Waals surface area contributed by atoms with Crippen LogP contribution < -0.4 is 4.90 Å². The fourth-order valence-corrected chi connectivity index (χ4v) is 3.28. The molecule has 0 aromatic heterocycles. The number of anilines is 1. The van der Waals surface area contributed by atoms with E-state index in [0.29, 0.717) is 11.5 Å². The standard InChI is InChI=1S/C18H29NO/c1-5-17(20)15-8-6-7-9-16(15)19(4)14-10-12-18(2,3)13-11-14/h6-9,14,17,20H,5,10-13H2,1-4H3/t17-/m0/s1. The molecule has 0 spiro atoms. The van der Waals surface area contributed by atoms with Crippen molar-refractivity contribution in [2.75, 3.05) is 11.9 Å². The minimum atomic E-state index is -0.353. The minimum Gasteiger partial charge on any atom is -0.388 e. The van der Waals surface area contributed by atoms with E-state index in [1.54, 1.807) is 0 Å². The van der Waals surface area contributed by atoms with E-state index >= 15 is 0 Å². The molecule has 0 aliphatic heterocycles. The van der Waals surface area contributed by atoms with Crippen LogP contribution in [0.4, 0.5) is 5.69 Å². The molecule has 0 bridgehead atoms. The average molecular weight is 275 g/mol. The van der Waals surface area contributed by atoms with Gasteiger partial charge in [-0.25, -0.2) is 0 Å². The largest absolute Gasteiger partial charge is 0.388 e. The van der Waals surface area contributed by atoms with Crippen molar-refractivity contribution in [3.63, 3.8) is 0 Å². The maximum absolute atomic E-state index is 10.2. The van der Waals surface area contributed by atoms with Gasteiger partial charge in [-0.1, -0.05) is 39.0 Å². The van der Waals surface area contributed by atoms with E-state index < -0.39 is 0 Å². The Labute approximate surface area is 123 Å². The van der Waals surface area contributed by atoms with Crippen molar-refractivity contribution in [1.29, 1.82) is 0 Å². The van der Waals surface area contributed by atoms with E-state index in [1.165, 1.54) is 31.4 Å². The van der Waals surface area contributed by atoms with E-state index in [-0.39, 0.29) is 6.10 Å². The summed E-state index contributed by atoms with van der Waals surface area (Å²) < 4.78 is 0. The molecule has 1 atom stereocenters. The quantitative estimate of drug-likeness (QED) is 0.872. The molecule has 1 aromatic carbocycles. The summed E-state index contributed by atoms with van der Waals surface area (Å²) in [6, 6.07) is 8.91. The number of aliphatic hydroxyl groups is 1. The summed E-state index contributed by atoms with van der Waals surface area (Å²) in [7, 11) is 2.18. The number of rotatable bonds is 4. The highest BCUT2D eigenvalue weighted by molar-refractivity contribution is 5.54. The summed E-state index contributed by atoms with van der Waals surface area (Å²) in [5, 5.41) is 10.2. The zero-order valence-electron chi connectivity index (χ0n) is 13.4. The summed E-state index contributed by atoms with van der Waals surface area (Å²) in [5.41, 5.74) is 2.77. The topological polar surface area (TPSA) is 23.5 Å². The van der Waals surface area contributed by atoms with Crippen LogP contribution in [0.25, 0.3) is 0 Å². The average Bonchev–Trinajstić information content (AvgIpc) is 2.45. The third-order valence-corrected chi connectivity index (χ3v) is 4.92. The van der Waals surface area contributed by atoms with Crippen molar-refractivity contribution >= 4 is 5.69 Å². The molecule has 1 aliphatic carbocycles. The van der Waals surface area contributed by atoms with Crippen LogP contribution in [0.3, 0.4) is 0 Å². The van der Waals surface area contributed by atoms with Crippen LogP contribution in [-0.2, 0) is 0 Å². The van der Waals surface area contributed by atoms with Crippen molar-refractivity contribution in [1.82, 2.24) is 0 Å². The number of nitrogens with zero attached hydrogens (tertiary/aromatic N) is 1. The molecular formula is C18H29NO. The van der Waals surface area contributed by atoms with Crippen LogP contribution in [0.1, 0.15) is 64.5 Å². The molecule has 1 saturated carbocycles. The lowest BCUT2D eigenvalue weighted by atomic mass is 9.75. The molecule has 0 radical (unpaired) electrons. The molecular weight excluding hydrogens is 246 g/mol. The van der Waals surface area contributed by atoms with E-state index in [1.807, 2.05) is 13.0 Å². The zero-order valence-corrected chi connectivity index (χ0v) is 13.4. The molecule has 2 nitrogen and oxygen atoms in total. The van der Waals surface area contributed by atoms with E-state index in [4.69, 9.17) is 0 Å². The molecule has 2 rings (SSSR count). The summed E-state index contributed by atoms with van der Waals surface area (Å²) in [5.74, 6) is 0. The van der Waals surface area contributed by atoms with Gasteiger partial charge >= 0.3 is 0 Å². The fourth-order valence-electron chi connectivity index (χ4n) is 3.28. The van der Waals surface area contributed by atoms with Gasteiger partial charge in [-0.05, 0) is 43.6 Å². The van der Waals surface area contributed by atoms with E-state index in [9.17, 15) is 5.11 Å². The van der Waals surface area contributed by atoms with Crippen molar-refractivity contribution in [2.45, 2.75) is 65.0 Å². The Balaban J connectivity index is 2.15. The highest BCUT2D eigenvalue weighted by atomic mass is 16.3. The first-order valence-electron chi connectivity index (χ1n) is 7.94. The Hall–Kier alpha value is -1.02. The minimum absolute atomic E-state index is 0.353. The van der Waals surface area contributed by atoms with Gasteiger partial charge in [0, 0.05) is 24.3 Å². The summed E-state index contributed by atoms with van der Waals surface area (Å²) in [6.07, 6.45) is 5.50. The van der Waals surface area contributed by atoms with Gasteiger partial charge < -0.3 is 10.0 Å². The second kappa shape index (κ2) is 6.17. The van der Waals surface area contributed by atoms with Crippen molar-refractivity contribution in [2.24, 2.45) is 5.41 Å². The second-order valence-corrected chi connectivity index (χ2v) is 6.99. The Kier molecular flexibility index (Phi) is 4.74. The highest BCUT2D eigenvalue weighted by Gasteiger charge is 2.29. The lowest BCUT2D eigenvalue weighted by Crippen LogP contribution is -2.37. The third kappa shape index (κ3) is 3.35. The molecule has 0 heterocycles. The lowest BCUT2D eigenvalue weighted by molar-refractivity contribution is 0.173. The molecule has 1 fully saturated rings. The van der Waals surface area contributed by atoms with Crippen molar-refractivity contribution in [3.05, 3.63) is 29.8 Å². The predicted molar refractivity (Wildman–Crippen MR) is 86.1 cm³/mol. The Bertz CT molecular complexity index is 431. The molecule has 0 saturated heterocycles. The van der Waals surface area contributed by atoms with Crippen LogP contribution >= 0.6 is 0 Å².